The molecule has 3 aromatic rings. The van der Waals surface area contributed by atoms with Crippen molar-refractivity contribution in [3.8, 4) is 11.8 Å². The van der Waals surface area contributed by atoms with E-state index in [2.05, 4.69) is 25.6 Å². The van der Waals surface area contributed by atoms with Crippen molar-refractivity contribution < 1.29 is 17.9 Å². The number of ether oxygens (including phenoxy) is 2. The zero-order chi connectivity index (χ0) is 22.3. The highest BCUT2D eigenvalue weighted by Crippen LogP contribution is 2.29. The molecule has 1 aromatic carbocycles. The summed E-state index contributed by atoms with van der Waals surface area (Å²) >= 11 is 0. The van der Waals surface area contributed by atoms with Crippen molar-refractivity contribution in [3.63, 3.8) is 0 Å². The van der Waals surface area contributed by atoms with Crippen LogP contribution in [0.1, 0.15) is 5.56 Å². The van der Waals surface area contributed by atoms with Gasteiger partial charge < -0.3 is 20.1 Å². The lowest BCUT2D eigenvalue weighted by atomic mass is 10.2. The Bertz CT molecular complexity index is 1150. The number of guanidine groups is 1. The molecule has 0 fully saturated rings. The van der Waals surface area contributed by atoms with E-state index in [-0.39, 0.29) is 21.6 Å². The number of nitrogens with zero attached hydrogens (tertiary/aromatic N) is 3. The first kappa shape index (κ1) is 22.0. The largest absolute Gasteiger partial charge is 0.481 e. The van der Waals surface area contributed by atoms with Crippen molar-refractivity contribution in [3.05, 3.63) is 66.5 Å². The van der Waals surface area contributed by atoms with Gasteiger partial charge in [0.1, 0.15) is 4.90 Å². The van der Waals surface area contributed by atoms with Gasteiger partial charge in [0.05, 0.1) is 19.1 Å². The first-order chi connectivity index (χ1) is 15.0. The zero-order valence-corrected chi connectivity index (χ0v) is 18.2. The van der Waals surface area contributed by atoms with Crippen LogP contribution in [0.2, 0.25) is 0 Å². The summed E-state index contributed by atoms with van der Waals surface area (Å²) in [7, 11) is 0.675. The Labute approximate surface area is 181 Å². The zero-order valence-electron chi connectivity index (χ0n) is 17.4. The average Bonchev–Trinajstić information content (AvgIpc) is 2.82. The number of nitrogens with one attached hydrogen (secondary N) is 2. The van der Waals surface area contributed by atoms with Gasteiger partial charge in [0.15, 0.2) is 5.96 Å². The van der Waals surface area contributed by atoms with Crippen molar-refractivity contribution in [2.45, 2.75) is 16.3 Å². The second kappa shape index (κ2) is 9.90. The maximum absolute atomic E-state index is 13.0. The summed E-state index contributed by atoms with van der Waals surface area (Å²) in [6.07, 6.45) is 3.37. The summed E-state index contributed by atoms with van der Waals surface area (Å²) < 4.78 is 36.2. The molecule has 0 unspecified atom stereocenters. The molecule has 0 atom stereocenters. The molecule has 2 N–H and O–H groups in total. The monoisotopic (exact) mass is 441 g/mol. The van der Waals surface area contributed by atoms with Crippen LogP contribution < -0.4 is 20.1 Å². The molecule has 0 bridgehead atoms. The molecular weight excluding hydrogens is 418 g/mol. The van der Waals surface area contributed by atoms with Gasteiger partial charge in [0.2, 0.25) is 21.6 Å². The number of hydrogen-bond acceptors (Lipinski definition) is 7. The van der Waals surface area contributed by atoms with E-state index in [0.717, 1.165) is 11.3 Å². The number of rotatable bonds is 7. The minimum Gasteiger partial charge on any atom is -0.481 e. The predicted molar refractivity (Wildman–Crippen MR) is 117 cm³/mol. The number of pyridine rings is 2. The quantitative estimate of drug-likeness (QED) is 0.425. The Kier molecular flexibility index (Phi) is 7.03. The van der Waals surface area contributed by atoms with Crippen molar-refractivity contribution in [2.75, 3.05) is 26.6 Å². The standard InChI is InChI=1S/C21H23N5O4S/c1-22-21(25-16-10-12-23-13-11-16)24-14-15-4-6-17(7-5-15)31(27,28)18-8-9-19(29-2)26-20(18)30-3/h4-13H,14H2,1-3H3,(H2,22,23,24,25). The molecule has 0 saturated carbocycles. The Morgan fingerprint density at radius 1 is 1.00 bits per heavy atom. The minimum absolute atomic E-state index is 0.0175. The summed E-state index contributed by atoms with van der Waals surface area (Å²) in [5.74, 6) is 0.832. The molecule has 9 nitrogen and oxygen atoms in total. The van der Waals surface area contributed by atoms with E-state index >= 15 is 0 Å². The van der Waals surface area contributed by atoms with E-state index in [9.17, 15) is 8.42 Å². The predicted octanol–water partition coefficient (Wildman–Crippen LogP) is 2.51. The van der Waals surface area contributed by atoms with Crippen molar-refractivity contribution in [1.29, 1.82) is 0 Å². The van der Waals surface area contributed by atoms with Crippen LogP contribution in [0.4, 0.5) is 5.69 Å². The van der Waals surface area contributed by atoms with Crippen LogP contribution in [0.15, 0.2) is 75.7 Å². The molecule has 0 spiro atoms. The summed E-state index contributed by atoms with van der Waals surface area (Å²) in [4.78, 5) is 12.3. The van der Waals surface area contributed by atoms with Gasteiger partial charge in [0, 0.05) is 37.7 Å². The third kappa shape index (κ3) is 5.28. The number of aromatic nitrogens is 2. The van der Waals surface area contributed by atoms with Gasteiger partial charge in [-0.15, -0.1) is 0 Å². The average molecular weight is 442 g/mol. The van der Waals surface area contributed by atoms with Crippen LogP contribution in [0.25, 0.3) is 0 Å². The summed E-state index contributed by atoms with van der Waals surface area (Å²) in [6, 6.07) is 13.1. The van der Waals surface area contributed by atoms with Gasteiger partial charge in [-0.05, 0) is 35.9 Å². The molecule has 0 aliphatic heterocycles. The van der Waals surface area contributed by atoms with Crippen molar-refractivity contribution in [1.82, 2.24) is 15.3 Å². The highest BCUT2D eigenvalue weighted by atomic mass is 32.2. The Morgan fingerprint density at radius 2 is 1.71 bits per heavy atom. The third-order valence-electron chi connectivity index (χ3n) is 4.35. The maximum atomic E-state index is 13.0. The number of methoxy groups -OCH3 is 2. The molecule has 31 heavy (non-hydrogen) atoms. The van der Waals surface area contributed by atoms with E-state index in [1.165, 1.54) is 26.4 Å². The normalized spacial score (nSPS) is 11.6. The van der Waals surface area contributed by atoms with Crippen LogP contribution in [-0.2, 0) is 16.4 Å². The minimum atomic E-state index is -3.81. The van der Waals surface area contributed by atoms with E-state index in [0.29, 0.717) is 12.5 Å². The van der Waals surface area contributed by atoms with Crippen LogP contribution >= 0.6 is 0 Å². The molecule has 162 valence electrons. The van der Waals surface area contributed by atoms with Crippen LogP contribution in [0, 0.1) is 0 Å². The first-order valence-electron chi connectivity index (χ1n) is 9.28. The lowest BCUT2D eigenvalue weighted by molar-refractivity contribution is 0.356. The third-order valence-corrected chi connectivity index (χ3v) is 6.13. The van der Waals surface area contributed by atoms with Crippen molar-refractivity contribution in [2.24, 2.45) is 4.99 Å². The smallest absolute Gasteiger partial charge is 0.235 e. The molecule has 10 heteroatoms. The Balaban J connectivity index is 1.72. The molecule has 0 amide bonds. The number of benzene rings is 1. The number of hydrogen-bond donors (Lipinski definition) is 2. The van der Waals surface area contributed by atoms with Gasteiger partial charge in [-0.3, -0.25) is 9.98 Å². The van der Waals surface area contributed by atoms with Gasteiger partial charge in [-0.2, -0.15) is 4.98 Å². The number of anilines is 1. The van der Waals surface area contributed by atoms with E-state index in [1.807, 2.05) is 12.1 Å². The molecule has 0 aliphatic rings. The molecule has 2 aromatic heterocycles. The molecule has 3 rings (SSSR count). The molecular formula is C21H23N5O4S. The SMILES string of the molecule is CN=C(NCc1ccc(S(=O)(=O)c2ccc(OC)nc2OC)cc1)Nc1ccncc1. The number of aliphatic imine (C=N–C) groups is 1. The lowest BCUT2D eigenvalue weighted by Gasteiger charge is -2.13. The highest BCUT2D eigenvalue weighted by Gasteiger charge is 2.23. The van der Waals surface area contributed by atoms with E-state index in [4.69, 9.17) is 9.47 Å². The molecule has 0 aliphatic carbocycles. The summed E-state index contributed by atoms with van der Waals surface area (Å²) in [5, 5.41) is 6.33. The topological polar surface area (TPSA) is 115 Å². The van der Waals surface area contributed by atoms with Gasteiger partial charge >= 0.3 is 0 Å². The second-order valence-electron chi connectivity index (χ2n) is 6.30. The summed E-state index contributed by atoms with van der Waals surface area (Å²) in [6.45, 7) is 0.457. The van der Waals surface area contributed by atoms with E-state index in [1.54, 1.807) is 43.7 Å². The fraction of sp³-hybridized carbons (Fsp3) is 0.190. The molecule has 0 radical (unpaired) electrons. The van der Waals surface area contributed by atoms with Crippen molar-refractivity contribution >= 4 is 21.5 Å². The Hall–Kier alpha value is -3.66. The fourth-order valence-corrected chi connectivity index (χ4v) is 4.08. The summed E-state index contributed by atoms with van der Waals surface area (Å²) in [5.41, 5.74) is 1.74. The van der Waals surface area contributed by atoms with Crippen LogP contribution in [-0.4, -0.2) is 45.6 Å². The fourth-order valence-electron chi connectivity index (χ4n) is 2.73. The van der Waals surface area contributed by atoms with E-state index < -0.39 is 9.84 Å². The Morgan fingerprint density at radius 3 is 2.32 bits per heavy atom. The lowest BCUT2D eigenvalue weighted by Crippen LogP contribution is -2.30. The second-order valence-corrected chi connectivity index (χ2v) is 8.21. The van der Waals surface area contributed by atoms with Gasteiger partial charge in [-0.1, -0.05) is 12.1 Å². The first-order valence-corrected chi connectivity index (χ1v) is 10.8. The molecule has 2 heterocycles. The molecule has 0 saturated heterocycles. The van der Waals surface area contributed by atoms with Gasteiger partial charge in [-0.25, -0.2) is 8.42 Å². The highest BCUT2D eigenvalue weighted by molar-refractivity contribution is 7.91. The number of sulfone groups is 1. The van der Waals surface area contributed by atoms with Crippen LogP contribution in [0.3, 0.4) is 0 Å². The maximum Gasteiger partial charge on any atom is 0.235 e. The van der Waals surface area contributed by atoms with Gasteiger partial charge in [0.25, 0.3) is 0 Å². The van der Waals surface area contributed by atoms with Crippen LogP contribution in [0.5, 0.6) is 11.8 Å².